The van der Waals surface area contributed by atoms with Crippen LogP contribution in [0.3, 0.4) is 0 Å². The molecule has 34 heavy (non-hydrogen) atoms. The largest absolute Gasteiger partial charge is 0.338 e. The zero-order chi connectivity index (χ0) is 23.5. The van der Waals surface area contributed by atoms with E-state index in [0.29, 0.717) is 6.54 Å². The number of benzene rings is 2. The smallest absolute Gasteiger partial charge is 0.276 e. The first-order chi connectivity index (χ1) is 16.6. The van der Waals surface area contributed by atoms with E-state index < -0.39 is 0 Å². The monoisotopic (exact) mass is 454 g/mol. The van der Waals surface area contributed by atoms with Gasteiger partial charge in [-0.05, 0) is 30.2 Å². The van der Waals surface area contributed by atoms with Crippen LogP contribution in [0.25, 0.3) is 5.69 Å². The molecule has 2 aromatic heterocycles. The highest BCUT2D eigenvalue weighted by Crippen LogP contribution is 2.16. The molecule has 7 heteroatoms. The Kier molecular flexibility index (Phi) is 6.27. The van der Waals surface area contributed by atoms with Gasteiger partial charge in [0.05, 0.1) is 11.3 Å². The van der Waals surface area contributed by atoms with Gasteiger partial charge in [0.25, 0.3) is 5.56 Å². The number of rotatable bonds is 6. The average molecular weight is 455 g/mol. The minimum absolute atomic E-state index is 0.0611. The van der Waals surface area contributed by atoms with Crippen LogP contribution >= 0.6 is 0 Å². The fourth-order valence-electron chi connectivity index (χ4n) is 4.57. The maximum atomic E-state index is 13.2. The van der Waals surface area contributed by atoms with E-state index in [2.05, 4.69) is 44.0 Å². The van der Waals surface area contributed by atoms with Crippen LogP contribution < -0.4 is 10.5 Å². The van der Waals surface area contributed by atoms with Gasteiger partial charge in [0.15, 0.2) is 0 Å². The number of nitrogens with zero attached hydrogens (tertiary/aromatic N) is 6. The second kappa shape index (κ2) is 9.65. The average Bonchev–Trinajstić information content (AvgIpc) is 3.09. The van der Waals surface area contributed by atoms with Crippen LogP contribution in [0.15, 0.2) is 77.9 Å². The van der Waals surface area contributed by atoms with E-state index in [9.17, 15) is 4.79 Å². The molecule has 7 nitrogen and oxygen atoms in total. The molecule has 5 rings (SSSR count). The third-order valence-corrected chi connectivity index (χ3v) is 6.65. The van der Waals surface area contributed by atoms with E-state index >= 15 is 0 Å². The van der Waals surface area contributed by atoms with Crippen molar-refractivity contribution in [2.75, 3.05) is 31.1 Å². The van der Waals surface area contributed by atoms with E-state index in [1.807, 2.05) is 67.4 Å². The van der Waals surface area contributed by atoms with Crippen molar-refractivity contribution in [3.05, 3.63) is 106 Å². The summed E-state index contributed by atoms with van der Waals surface area (Å²) < 4.78 is 3.71. The van der Waals surface area contributed by atoms with Gasteiger partial charge in [-0.1, -0.05) is 48.5 Å². The van der Waals surface area contributed by atoms with Crippen molar-refractivity contribution < 1.29 is 0 Å². The van der Waals surface area contributed by atoms with Crippen LogP contribution in [-0.4, -0.2) is 50.4 Å². The Bertz CT molecular complexity index is 1290. The fourth-order valence-corrected chi connectivity index (χ4v) is 4.57. The summed E-state index contributed by atoms with van der Waals surface area (Å²) in [7, 11) is 1.95. The first kappa shape index (κ1) is 22.1. The zero-order valence-corrected chi connectivity index (χ0v) is 19.8. The number of hydrogen-bond acceptors (Lipinski definition) is 5. The summed E-state index contributed by atoms with van der Waals surface area (Å²) in [6.45, 7) is 6.11. The molecule has 0 saturated carbocycles. The SMILES string of the molecule is Cc1c(CN2CCN(c3ncc(Cc4ccccc4)cn3)CC2)c(=O)n(-c2ccccc2)n1C. The standard InChI is InChI=1S/C27H30N6O/c1-21-25(26(34)33(30(21)2)24-11-7-4-8-12-24)20-31-13-15-32(16-14-31)27-28-18-23(19-29-27)17-22-9-5-3-6-10-22/h3-12,18-19H,13-17,20H2,1-2H3. The molecular weight excluding hydrogens is 424 g/mol. The van der Waals surface area contributed by atoms with Gasteiger partial charge in [0.1, 0.15) is 0 Å². The Balaban J connectivity index is 1.22. The molecule has 0 radical (unpaired) electrons. The number of hydrogen-bond donors (Lipinski definition) is 0. The molecule has 0 atom stereocenters. The van der Waals surface area contributed by atoms with E-state index in [0.717, 1.165) is 61.1 Å². The lowest BCUT2D eigenvalue weighted by Crippen LogP contribution is -2.47. The normalized spacial score (nSPS) is 14.5. The predicted octanol–water partition coefficient (Wildman–Crippen LogP) is 3.19. The quantitative estimate of drug-likeness (QED) is 0.448. The molecule has 0 aliphatic carbocycles. The predicted molar refractivity (Wildman–Crippen MR) is 135 cm³/mol. The Morgan fingerprint density at radius 2 is 1.44 bits per heavy atom. The van der Waals surface area contributed by atoms with Crippen LogP contribution in [0.2, 0.25) is 0 Å². The molecule has 4 aromatic rings. The Labute approximate surface area is 199 Å². The summed E-state index contributed by atoms with van der Waals surface area (Å²) in [5.41, 5.74) is 5.20. The molecule has 1 aliphatic rings. The summed E-state index contributed by atoms with van der Waals surface area (Å²) in [6.07, 6.45) is 4.70. The van der Waals surface area contributed by atoms with Crippen LogP contribution in [0.4, 0.5) is 5.95 Å². The molecule has 2 aromatic carbocycles. The maximum absolute atomic E-state index is 13.2. The molecule has 0 bridgehead atoms. The van der Waals surface area contributed by atoms with Crippen molar-refractivity contribution in [3.8, 4) is 5.69 Å². The third-order valence-electron chi connectivity index (χ3n) is 6.65. The van der Waals surface area contributed by atoms with Crippen LogP contribution in [0.5, 0.6) is 0 Å². The van der Waals surface area contributed by atoms with Crippen LogP contribution in [-0.2, 0) is 20.0 Å². The van der Waals surface area contributed by atoms with E-state index in [4.69, 9.17) is 0 Å². The van der Waals surface area contributed by atoms with Crippen molar-refractivity contribution in [2.24, 2.45) is 7.05 Å². The van der Waals surface area contributed by atoms with Crippen LogP contribution in [0.1, 0.15) is 22.4 Å². The second-order valence-corrected chi connectivity index (χ2v) is 8.86. The van der Waals surface area contributed by atoms with E-state index in [-0.39, 0.29) is 5.56 Å². The molecule has 0 unspecified atom stereocenters. The molecule has 0 amide bonds. The summed E-state index contributed by atoms with van der Waals surface area (Å²) in [5, 5.41) is 0. The topological polar surface area (TPSA) is 59.2 Å². The van der Waals surface area contributed by atoms with Crippen molar-refractivity contribution in [3.63, 3.8) is 0 Å². The summed E-state index contributed by atoms with van der Waals surface area (Å²) in [5.74, 6) is 0.777. The lowest BCUT2D eigenvalue weighted by atomic mass is 10.1. The first-order valence-corrected chi connectivity index (χ1v) is 11.7. The number of anilines is 1. The Hall–Kier alpha value is -3.71. The second-order valence-electron chi connectivity index (χ2n) is 8.86. The van der Waals surface area contributed by atoms with E-state index in [1.165, 1.54) is 5.56 Å². The van der Waals surface area contributed by atoms with Gasteiger partial charge in [-0.2, -0.15) is 0 Å². The molecular formula is C27H30N6O. The van der Waals surface area contributed by atoms with Gasteiger partial charge in [-0.25, -0.2) is 14.6 Å². The summed E-state index contributed by atoms with van der Waals surface area (Å²) in [4.78, 5) is 27.0. The highest BCUT2D eigenvalue weighted by molar-refractivity contribution is 5.34. The lowest BCUT2D eigenvalue weighted by Gasteiger charge is -2.34. The summed E-state index contributed by atoms with van der Waals surface area (Å²) >= 11 is 0. The highest BCUT2D eigenvalue weighted by Gasteiger charge is 2.23. The van der Waals surface area contributed by atoms with Crippen LogP contribution in [0, 0.1) is 6.92 Å². The Morgan fingerprint density at radius 3 is 2.09 bits per heavy atom. The molecule has 1 fully saturated rings. The molecule has 1 saturated heterocycles. The number of piperazine rings is 1. The van der Waals surface area contributed by atoms with E-state index in [1.54, 1.807) is 4.68 Å². The lowest BCUT2D eigenvalue weighted by molar-refractivity contribution is 0.247. The highest BCUT2D eigenvalue weighted by atomic mass is 16.1. The Morgan fingerprint density at radius 1 is 0.824 bits per heavy atom. The van der Waals surface area contributed by atoms with Crippen molar-refractivity contribution in [1.29, 1.82) is 0 Å². The van der Waals surface area contributed by atoms with Crippen molar-refractivity contribution >= 4 is 5.95 Å². The van der Waals surface area contributed by atoms with Gasteiger partial charge in [-0.15, -0.1) is 0 Å². The summed E-state index contributed by atoms with van der Waals surface area (Å²) in [6, 6.07) is 20.2. The molecule has 0 spiro atoms. The minimum atomic E-state index is 0.0611. The fraction of sp³-hybridized carbons (Fsp3) is 0.296. The van der Waals surface area contributed by atoms with Gasteiger partial charge in [-0.3, -0.25) is 14.4 Å². The van der Waals surface area contributed by atoms with Crippen molar-refractivity contribution in [1.82, 2.24) is 24.2 Å². The third kappa shape index (κ3) is 4.52. The van der Waals surface area contributed by atoms with Gasteiger partial charge >= 0.3 is 0 Å². The number of aromatic nitrogens is 4. The maximum Gasteiger partial charge on any atom is 0.276 e. The zero-order valence-electron chi connectivity index (χ0n) is 19.8. The minimum Gasteiger partial charge on any atom is -0.338 e. The molecule has 0 N–H and O–H groups in total. The molecule has 174 valence electrons. The molecule has 1 aliphatic heterocycles. The first-order valence-electron chi connectivity index (χ1n) is 11.7. The number of para-hydroxylation sites is 1. The van der Waals surface area contributed by atoms with Gasteiger partial charge < -0.3 is 4.90 Å². The van der Waals surface area contributed by atoms with Gasteiger partial charge in [0, 0.05) is 64.3 Å². The molecule has 3 heterocycles. The van der Waals surface area contributed by atoms with Gasteiger partial charge in [0.2, 0.25) is 5.95 Å². The van der Waals surface area contributed by atoms with Crippen molar-refractivity contribution in [2.45, 2.75) is 19.9 Å².